The van der Waals surface area contributed by atoms with E-state index in [0.717, 1.165) is 0 Å². The molecule has 2 aromatic rings. The molecule has 0 saturated heterocycles. The molecular weight excluding hydrogens is 298 g/mol. The van der Waals surface area contributed by atoms with E-state index < -0.39 is 36.3 Å². The van der Waals surface area contributed by atoms with E-state index in [1.807, 2.05) is 36.7 Å². The Balaban J connectivity index is 2.16. The summed E-state index contributed by atoms with van der Waals surface area (Å²) in [7, 11) is 0. The molecule has 0 fully saturated rings. The van der Waals surface area contributed by atoms with Crippen molar-refractivity contribution in [3.63, 3.8) is 0 Å². The van der Waals surface area contributed by atoms with Gasteiger partial charge in [-0.05, 0) is 0 Å². The van der Waals surface area contributed by atoms with Crippen molar-refractivity contribution in [3.05, 3.63) is 48.8 Å². The van der Waals surface area contributed by atoms with Crippen molar-refractivity contribution < 1.29 is 36.3 Å². The van der Waals surface area contributed by atoms with Crippen LogP contribution in [0.5, 0.6) is 0 Å². The molecular formula is C10H8N2Sm. The SMILES string of the molecule is c1cc[c]([Sm][c]2ccccn2)nc1. The van der Waals surface area contributed by atoms with Crippen LogP contribution >= 0.6 is 0 Å². The van der Waals surface area contributed by atoms with E-state index in [0.29, 0.717) is 0 Å². The second kappa shape index (κ2) is 4.76. The molecule has 0 aromatic carbocycles. The van der Waals surface area contributed by atoms with E-state index in [-0.39, 0.29) is 0 Å². The van der Waals surface area contributed by atoms with Gasteiger partial charge in [-0.15, -0.1) is 0 Å². The van der Waals surface area contributed by atoms with Crippen LogP contribution < -0.4 is 2.82 Å². The van der Waals surface area contributed by atoms with E-state index in [1.54, 1.807) is 0 Å². The van der Waals surface area contributed by atoms with E-state index in [4.69, 9.17) is 0 Å². The topological polar surface area (TPSA) is 25.8 Å². The maximum atomic E-state index is 4.31. The fourth-order valence-electron chi connectivity index (χ4n) is 0.922. The van der Waals surface area contributed by atoms with Crippen LogP contribution in [0, 0.1) is 36.3 Å². The molecule has 0 aliphatic carbocycles. The number of rotatable bonds is 2. The van der Waals surface area contributed by atoms with Crippen molar-refractivity contribution >= 4 is 2.82 Å². The van der Waals surface area contributed by atoms with Crippen LogP contribution in [0.1, 0.15) is 0 Å². The Kier molecular flexibility index (Phi) is 3.37. The van der Waals surface area contributed by atoms with Crippen molar-refractivity contribution in [2.24, 2.45) is 0 Å². The number of hydrogen-bond acceptors (Lipinski definition) is 2. The molecule has 13 heavy (non-hydrogen) atoms. The molecule has 0 amide bonds. The average Bonchev–Trinajstić information content (AvgIpc) is 2.21. The first kappa shape index (κ1) is 9.20. The van der Waals surface area contributed by atoms with Gasteiger partial charge in [-0.25, -0.2) is 0 Å². The third kappa shape index (κ3) is 2.80. The van der Waals surface area contributed by atoms with Gasteiger partial charge in [-0.2, -0.15) is 0 Å². The second-order valence-corrected chi connectivity index (χ2v) is 5.78. The first-order chi connectivity index (χ1) is 6.45. The number of pyridine rings is 2. The summed E-state index contributed by atoms with van der Waals surface area (Å²) in [6.07, 6.45) is 3.69. The second-order valence-electron chi connectivity index (χ2n) is 2.44. The molecule has 64 valence electrons. The van der Waals surface area contributed by atoms with Gasteiger partial charge in [0.2, 0.25) is 0 Å². The number of nitrogens with zero attached hydrogens (tertiary/aromatic N) is 2. The van der Waals surface area contributed by atoms with Crippen LogP contribution in [0.25, 0.3) is 0 Å². The zero-order valence-electron chi connectivity index (χ0n) is 6.92. The summed E-state index contributed by atoms with van der Waals surface area (Å²) in [5, 5.41) is 0. The molecule has 0 bridgehead atoms. The van der Waals surface area contributed by atoms with Gasteiger partial charge >= 0.3 is 97.9 Å². The molecule has 2 aromatic heterocycles. The molecule has 2 rings (SSSR count). The monoisotopic (exact) mass is 308 g/mol. The van der Waals surface area contributed by atoms with E-state index >= 15 is 0 Å². The Hall–Kier alpha value is -0.362. The summed E-state index contributed by atoms with van der Waals surface area (Å²) >= 11 is -0.709. The number of aromatic nitrogens is 2. The van der Waals surface area contributed by atoms with Gasteiger partial charge in [-0.1, -0.05) is 0 Å². The summed E-state index contributed by atoms with van der Waals surface area (Å²) in [6, 6.07) is 12.1. The molecule has 0 unspecified atom stereocenters. The van der Waals surface area contributed by atoms with Crippen LogP contribution in [0.4, 0.5) is 0 Å². The molecule has 0 N–H and O–H groups in total. The van der Waals surface area contributed by atoms with Gasteiger partial charge in [0, 0.05) is 0 Å². The summed E-state index contributed by atoms with van der Waals surface area (Å²) in [4.78, 5) is 8.62. The first-order valence-electron chi connectivity index (χ1n) is 3.95. The Bertz CT molecular complexity index is 324. The molecule has 0 atom stereocenters. The van der Waals surface area contributed by atoms with Crippen LogP contribution in [0.3, 0.4) is 0 Å². The first-order valence-corrected chi connectivity index (χ1v) is 6.57. The molecule has 0 spiro atoms. The minimum atomic E-state index is -0.709. The van der Waals surface area contributed by atoms with Crippen LogP contribution in [-0.2, 0) is 0 Å². The average molecular weight is 307 g/mol. The Morgan fingerprint density at radius 2 is 1.31 bits per heavy atom. The van der Waals surface area contributed by atoms with Gasteiger partial charge < -0.3 is 0 Å². The summed E-state index contributed by atoms with van der Waals surface area (Å²) < 4.78 is 2.45. The van der Waals surface area contributed by atoms with Crippen LogP contribution in [-0.4, -0.2) is 9.97 Å². The van der Waals surface area contributed by atoms with Gasteiger partial charge in [0.25, 0.3) is 0 Å². The summed E-state index contributed by atoms with van der Waals surface area (Å²) in [5.41, 5.74) is 0. The summed E-state index contributed by atoms with van der Waals surface area (Å²) in [5.74, 6) is 0. The maximum absolute atomic E-state index is 4.31. The molecule has 3 heteroatoms. The molecule has 0 aliphatic rings. The van der Waals surface area contributed by atoms with Crippen molar-refractivity contribution in [1.29, 1.82) is 0 Å². The van der Waals surface area contributed by atoms with Gasteiger partial charge in [0.05, 0.1) is 0 Å². The van der Waals surface area contributed by atoms with Crippen LogP contribution in [0.2, 0.25) is 0 Å². The molecule has 0 aliphatic heterocycles. The van der Waals surface area contributed by atoms with Gasteiger partial charge in [0.1, 0.15) is 0 Å². The molecule has 2 heterocycles. The molecule has 0 radical (unpaired) electrons. The third-order valence-electron chi connectivity index (χ3n) is 1.48. The quantitative estimate of drug-likeness (QED) is 0.808. The zero-order valence-corrected chi connectivity index (χ0v) is 9.54. The minimum absolute atomic E-state index is 0.709. The van der Waals surface area contributed by atoms with E-state index in [1.165, 1.54) is 2.82 Å². The Morgan fingerprint density at radius 3 is 1.69 bits per heavy atom. The van der Waals surface area contributed by atoms with E-state index in [2.05, 4.69) is 22.1 Å². The van der Waals surface area contributed by atoms with Crippen LogP contribution in [0.15, 0.2) is 48.8 Å². The Morgan fingerprint density at radius 1 is 0.769 bits per heavy atom. The third-order valence-corrected chi connectivity index (χ3v) is 4.38. The predicted molar refractivity (Wildman–Crippen MR) is 47.7 cm³/mol. The van der Waals surface area contributed by atoms with Crippen molar-refractivity contribution in [2.75, 3.05) is 0 Å². The molecule has 0 saturated carbocycles. The number of hydrogen-bond donors (Lipinski definition) is 0. The van der Waals surface area contributed by atoms with Gasteiger partial charge in [-0.3, -0.25) is 0 Å². The van der Waals surface area contributed by atoms with E-state index in [9.17, 15) is 0 Å². The summed E-state index contributed by atoms with van der Waals surface area (Å²) in [6.45, 7) is 0. The predicted octanol–water partition coefficient (Wildman–Crippen LogP) is 0.512. The van der Waals surface area contributed by atoms with Crippen molar-refractivity contribution in [1.82, 2.24) is 9.97 Å². The molecule has 2 nitrogen and oxygen atoms in total. The Labute approximate surface area is 96.9 Å². The zero-order chi connectivity index (χ0) is 8.93. The standard InChI is InChI=1S/2C5H4N.Sm/c2*1-2-4-6-5-3-1;/h2*1-4H;. The van der Waals surface area contributed by atoms with Crippen molar-refractivity contribution in [3.8, 4) is 0 Å². The normalized spacial score (nSPS) is 9.85. The van der Waals surface area contributed by atoms with Gasteiger partial charge in [0.15, 0.2) is 0 Å². The fraction of sp³-hybridized carbons (Fsp3) is 0. The fourth-order valence-corrected chi connectivity index (χ4v) is 3.28. The van der Waals surface area contributed by atoms with Crippen molar-refractivity contribution in [2.45, 2.75) is 0 Å².